The summed E-state index contributed by atoms with van der Waals surface area (Å²) in [5.74, 6) is -0.239. The number of fused-ring (bicyclic) bond motifs is 1. The Morgan fingerprint density at radius 2 is 2.00 bits per heavy atom. The highest BCUT2D eigenvalue weighted by Gasteiger charge is 2.30. The number of amides is 1. The molecule has 0 radical (unpaired) electrons. The maximum absolute atomic E-state index is 12.3. The van der Waals surface area contributed by atoms with Gasteiger partial charge in [-0.1, -0.05) is 15.9 Å². The van der Waals surface area contributed by atoms with Gasteiger partial charge in [0.1, 0.15) is 0 Å². The van der Waals surface area contributed by atoms with Gasteiger partial charge in [-0.3, -0.25) is 10.1 Å². The Labute approximate surface area is 159 Å². The van der Waals surface area contributed by atoms with E-state index in [2.05, 4.69) is 26.2 Å². The number of nitrogens with zero attached hydrogens (tertiary/aromatic N) is 3. The first kappa shape index (κ1) is 18.5. The largest absolute Gasteiger partial charge is 0.298 e. The van der Waals surface area contributed by atoms with Crippen LogP contribution in [0.4, 0.5) is 5.13 Å². The van der Waals surface area contributed by atoms with E-state index in [4.69, 9.17) is 0 Å². The third kappa shape index (κ3) is 3.93. The molecule has 1 aliphatic heterocycles. The molecule has 1 aromatic heterocycles. The molecule has 0 spiro atoms. The van der Waals surface area contributed by atoms with Crippen LogP contribution in [0.15, 0.2) is 28.7 Å². The molecule has 134 valence electrons. The second kappa shape index (κ2) is 7.12. The fourth-order valence-electron chi connectivity index (χ4n) is 2.42. The summed E-state index contributed by atoms with van der Waals surface area (Å²) < 4.78 is 28.0. The van der Waals surface area contributed by atoms with Crippen LogP contribution in [0.25, 0.3) is 0 Å². The van der Waals surface area contributed by atoms with E-state index < -0.39 is 10.2 Å². The molecule has 0 saturated heterocycles. The minimum Gasteiger partial charge on any atom is -0.298 e. The lowest BCUT2D eigenvalue weighted by Gasteiger charge is -2.27. The smallest absolute Gasteiger partial charge is 0.281 e. The highest BCUT2D eigenvalue weighted by Crippen LogP contribution is 2.30. The summed E-state index contributed by atoms with van der Waals surface area (Å²) in [6, 6.07) is 7.04. The van der Waals surface area contributed by atoms with Gasteiger partial charge in [0, 0.05) is 42.0 Å². The summed E-state index contributed by atoms with van der Waals surface area (Å²) in [5.41, 5.74) is 1.38. The zero-order valence-electron chi connectivity index (χ0n) is 13.7. The minimum absolute atomic E-state index is 0.239. The summed E-state index contributed by atoms with van der Waals surface area (Å²) in [6.07, 6.45) is 0.535. The van der Waals surface area contributed by atoms with Crippen LogP contribution < -0.4 is 5.32 Å². The van der Waals surface area contributed by atoms with Crippen LogP contribution in [0.1, 0.15) is 20.9 Å². The number of nitrogens with one attached hydrogen (secondary N) is 1. The van der Waals surface area contributed by atoms with Crippen LogP contribution in [0.2, 0.25) is 0 Å². The number of aromatic nitrogens is 1. The van der Waals surface area contributed by atoms with E-state index in [9.17, 15) is 13.2 Å². The summed E-state index contributed by atoms with van der Waals surface area (Å²) in [6.45, 7) is 0.666. The Hall–Kier alpha value is -1.33. The third-order valence-corrected chi connectivity index (χ3v) is 7.22. The zero-order chi connectivity index (χ0) is 18.2. The molecule has 25 heavy (non-hydrogen) atoms. The van der Waals surface area contributed by atoms with Gasteiger partial charge in [0.25, 0.3) is 16.1 Å². The maximum Gasteiger partial charge on any atom is 0.281 e. The minimum atomic E-state index is -3.45. The predicted molar refractivity (Wildman–Crippen MR) is 101 cm³/mol. The number of halogens is 1. The second-order valence-electron chi connectivity index (χ2n) is 5.72. The Balaban J connectivity index is 1.74. The molecule has 2 aromatic rings. The SMILES string of the molecule is CN(C)S(=O)(=O)N1CCc2nc(NC(=O)c3ccc(Br)cc3)sc2C1. The Morgan fingerprint density at radius 1 is 1.32 bits per heavy atom. The molecule has 10 heteroatoms. The molecule has 0 bridgehead atoms. The first-order chi connectivity index (χ1) is 11.8. The monoisotopic (exact) mass is 444 g/mol. The van der Waals surface area contributed by atoms with Gasteiger partial charge >= 0.3 is 0 Å². The molecular formula is C15H17BrN4O3S2. The van der Waals surface area contributed by atoms with E-state index in [1.54, 1.807) is 24.3 Å². The number of thiazole rings is 1. The van der Waals surface area contributed by atoms with Gasteiger partial charge in [0.2, 0.25) is 0 Å². The summed E-state index contributed by atoms with van der Waals surface area (Å²) in [7, 11) is -0.419. The normalized spacial score (nSPS) is 15.2. The van der Waals surface area contributed by atoms with Gasteiger partial charge in [-0.05, 0) is 24.3 Å². The van der Waals surface area contributed by atoms with Crippen molar-refractivity contribution in [3.8, 4) is 0 Å². The van der Waals surface area contributed by atoms with Crippen LogP contribution in [0, 0.1) is 0 Å². The van der Waals surface area contributed by atoms with Crippen molar-refractivity contribution in [2.75, 3.05) is 26.0 Å². The third-order valence-electron chi connectivity index (χ3n) is 3.81. The highest BCUT2D eigenvalue weighted by atomic mass is 79.9. The van der Waals surface area contributed by atoms with Crippen molar-refractivity contribution in [3.63, 3.8) is 0 Å². The van der Waals surface area contributed by atoms with Gasteiger partial charge in [-0.25, -0.2) is 4.98 Å². The number of rotatable bonds is 4. The number of hydrogen-bond donors (Lipinski definition) is 1. The number of carbonyl (C=O) groups is 1. The lowest BCUT2D eigenvalue weighted by Crippen LogP contribution is -2.42. The molecule has 0 fully saturated rings. The van der Waals surface area contributed by atoms with Crippen LogP contribution >= 0.6 is 27.3 Å². The molecule has 2 heterocycles. The van der Waals surface area contributed by atoms with E-state index in [0.717, 1.165) is 15.0 Å². The molecule has 0 aliphatic carbocycles. The lowest BCUT2D eigenvalue weighted by atomic mass is 10.2. The van der Waals surface area contributed by atoms with Crippen molar-refractivity contribution in [2.24, 2.45) is 0 Å². The number of benzene rings is 1. The first-order valence-corrected chi connectivity index (χ1v) is 10.5. The van der Waals surface area contributed by atoms with E-state index in [-0.39, 0.29) is 12.5 Å². The van der Waals surface area contributed by atoms with Crippen LogP contribution in [-0.2, 0) is 23.2 Å². The van der Waals surface area contributed by atoms with E-state index in [1.165, 1.54) is 34.0 Å². The van der Waals surface area contributed by atoms with E-state index >= 15 is 0 Å². The Morgan fingerprint density at radius 3 is 2.64 bits per heavy atom. The molecule has 0 saturated carbocycles. The standard InChI is InChI=1S/C15H17BrN4O3S2/c1-19(2)25(22,23)20-8-7-12-13(9-20)24-15(17-12)18-14(21)10-3-5-11(16)6-4-10/h3-6H,7-9H2,1-2H3,(H,17,18,21). The molecule has 7 nitrogen and oxygen atoms in total. The van der Waals surface area contributed by atoms with Crippen molar-refractivity contribution < 1.29 is 13.2 Å². The highest BCUT2D eigenvalue weighted by molar-refractivity contribution is 9.10. The van der Waals surface area contributed by atoms with E-state index in [1.807, 2.05) is 0 Å². The fourth-order valence-corrected chi connectivity index (χ4v) is 4.86. The summed E-state index contributed by atoms with van der Waals surface area (Å²) in [5, 5.41) is 3.27. The molecule has 0 unspecified atom stereocenters. The van der Waals surface area contributed by atoms with Crippen molar-refractivity contribution in [2.45, 2.75) is 13.0 Å². The fraction of sp³-hybridized carbons (Fsp3) is 0.333. The van der Waals surface area contributed by atoms with Crippen LogP contribution in [-0.4, -0.2) is 48.6 Å². The molecule has 3 rings (SSSR count). The molecule has 0 atom stereocenters. The maximum atomic E-state index is 12.3. The Bertz CT molecular complexity index is 894. The van der Waals surface area contributed by atoms with Crippen molar-refractivity contribution in [1.82, 2.24) is 13.6 Å². The van der Waals surface area contributed by atoms with Gasteiger partial charge < -0.3 is 0 Å². The van der Waals surface area contributed by atoms with Crippen LogP contribution in [0.5, 0.6) is 0 Å². The predicted octanol–water partition coefficient (Wildman–Crippen LogP) is 2.32. The van der Waals surface area contributed by atoms with Gasteiger partial charge in [0.15, 0.2) is 5.13 Å². The molecule has 1 aromatic carbocycles. The first-order valence-electron chi connectivity index (χ1n) is 7.50. The number of carbonyl (C=O) groups excluding carboxylic acids is 1. The summed E-state index contributed by atoms with van der Waals surface area (Å²) in [4.78, 5) is 17.6. The average molecular weight is 445 g/mol. The van der Waals surface area contributed by atoms with Crippen molar-refractivity contribution in [1.29, 1.82) is 0 Å². The lowest BCUT2D eigenvalue weighted by molar-refractivity contribution is 0.102. The zero-order valence-corrected chi connectivity index (χ0v) is 16.9. The Kier molecular flexibility index (Phi) is 5.26. The molecule has 1 N–H and O–H groups in total. The molecule has 1 aliphatic rings. The van der Waals surface area contributed by atoms with Crippen molar-refractivity contribution >= 4 is 48.5 Å². The van der Waals surface area contributed by atoms with Crippen LogP contribution in [0.3, 0.4) is 0 Å². The number of anilines is 1. The topological polar surface area (TPSA) is 82.6 Å². The molecular weight excluding hydrogens is 428 g/mol. The van der Waals surface area contributed by atoms with Gasteiger partial charge in [0.05, 0.1) is 12.2 Å². The van der Waals surface area contributed by atoms with Gasteiger partial charge in [-0.2, -0.15) is 17.0 Å². The van der Waals surface area contributed by atoms with Crippen molar-refractivity contribution in [3.05, 3.63) is 44.9 Å². The summed E-state index contributed by atoms with van der Waals surface area (Å²) >= 11 is 4.65. The second-order valence-corrected chi connectivity index (χ2v) is 9.87. The average Bonchev–Trinajstić information content (AvgIpc) is 2.96. The molecule has 1 amide bonds. The van der Waals surface area contributed by atoms with E-state index in [0.29, 0.717) is 23.7 Å². The number of hydrogen-bond acceptors (Lipinski definition) is 5. The quantitative estimate of drug-likeness (QED) is 0.783. The van der Waals surface area contributed by atoms with Gasteiger partial charge in [-0.15, -0.1) is 11.3 Å².